The Morgan fingerprint density at radius 3 is 1.80 bits per heavy atom. The molecule has 0 amide bonds. The van der Waals surface area contributed by atoms with Crippen LogP contribution in [0.3, 0.4) is 0 Å². The molecule has 0 atom stereocenters. The van der Waals surface area contributed by atoms with Gasteiger partial charge < -0.3 is 0 Å². The van der Waals surface area contributed by atoms with Gasteiger partial charge in [0.1, 0.15) is 0 Å². The lowest BCUT2D eigenvalue weighted by molar-refractivity contribution is 0.536. The maximum Gasteiger partial charge on any atom is 0.0447 e. The molecule has 0 unspecified atom stereocenters. The van der Waals surface area contributed by atoms with Gasteiger partial charge in [0.25, 0.3) is 0 Å². The zero-order valence-electron chi connectivity index (χ0n) is 3.33. The maximum absolute atomic E-state index is 10.7. The van der Waals surface area contributed by atoms with Gasteiger partial charge in [0.2, 0.25) is 0 Å². The van der Waals surface area contributed by atoms with Crippen LogP contribution in [0, 0.1) is 0 Å². The summed E-state index contributed by atoms with van der Waals surface area (Å²) >= 11 is 0. The van der Waals surface area contributed by atoms with Gasteiger partial charge in [-0.05, 0) is 13.8 Å². The summed E-state index contributed by atoms with van der Waals surface area (Å²) in [6, 6.07) is 0. The highest BCUT2D eigenvalue weighted by atomic mass is 19.2. The molecule has 0 aromatic carbocycles. The van der Waals surface area contributed by atoms with Crippen LogP contribution in [0.15, 0.2) is 5.21 Å². The molecule has 0 fully saturated rings. The molecular formula is C3H6FN. The fourth-order valence-corrected chi connectivity index (χ4v) is 0. The molecule has 0 N–H and O–H groups in total. The molecule has 5 heavy (non-hydrogen) atoms. The third kappa shape index (κ3) is 3.60. The van der Waals surface area contributed by atoms with Gasteiger partial charge >= 0.3 is 0 Å². The third-order valence-electron chi connectivity index (χ3n) is 0.169. The lowest BCUT2D eigenvalue weighted by Gasteiger charge is -1.68. The SMILES string of the molecule is CC(C)=NF. The van der Waals surface area contributed by atoms with Crippen LogP contribution < -0.4 is 0 Å². The summed E-state index contributed by atoms with van der Waals surface area (Å²) in [7, 11) is 0. The average molecular weight is 75.1 g/mol. The van der Waals surface area contributed by atoms with Crippen molar-refractivity contribution < 1.29 is 4.48 Å². The van der Waals surface area contributed by atoms with Crippen LogP contribution >= 0.6 is 0 Å². The molecule has 0 aliphatic heterocycles. The summed E-state index contributed by atoms with van der Waals surface area (Å²) in [6.45, 7) is 3.19. The van der Waals surface area contributed by atoms with Crippen molar-refractivity contribution in [1.29, 1.82) is 0 Å². The molecule has 0 saturated heterocycles. The van der Waals surface area contributed by atoms with Crippen molar-refractivity contribution in [2.75, 3.05) is 0 Å². The van der Waals surface area contributed by atoms with E-state index in [1.807, 2.05) is 0 Å². The van der Waals surface area contributed by atoms with Crippen molar-refractivity contribution in [2.24, 2.45) is 5.21 Å². The molecule has 0 rings (SSSR count). The lowest BCUT2D eigenvalue weighted by Crippen LogP contribution is -1.71. The van der Waals surface area contributed by atoms with E-state index in [-0.39, 0.29) is 0 Å². The molecule has 0 heterocycles. The van der Waals surface area contributed by atoms with Gasteiger partial charge in [0, 0.05) is 5.71 Å². The Morgan fingerprint density at radius 2 is 1.80 bits per heavy atom. The van der Waals surface area contributed by atoms with Gasteiger partial charge in [0.05, 0.1) is 0 Å². The fourth-order valence-electron chi connectivity index (χ4n) is 0. The van der Waals surface area contributed by atoms with Gasteiger partial charge in [-0.1, -0.05) is 9.70 Å². The van der Waals surface area contributed by atoms with Gasteiger partial charge in [-0.25, -0.2) is 0 Å². The molecule has 0 saturated carbocycles. The molecular weight excluding hydrogens is 69.0 g/mol. The first kappa shape index (κ1) is 4.60. The average Bonchev–Trinajstić information content (AvgIpc) is 1.38. The topological polar surface area (TPSA) is 12.4 Å². The number of hydrogen-bond donors (Lipinski definition) is 0. The van der Waals surface area contributed by atoms with Gasteiger partial charge in [-0.2, -0.15) is 0 Å². The largest absolute Gasteiger partial charge is 0.0972 e. The van der Waals surface area contributed by atoms with Crippen LogP contribution in [0.25, 0.3) is 0 Å². The van der Waals surface area contributed by atoms with Crippen LogP contribution in [0.4, 0.5) is 4.48 Å². The summed E-state index contributed by atoms with van der Waals surface area (Å²) in [4.78, 5) is 0. The van der Waals surface area contributed by atoms with Crippen molar-refractivity contribution in [3.05, 3.63) is 0 Å². The summed E-state index contributed by atoms with van der Waals surface area (Å²) in [6.07, 6.45) is 0. The highest BCUT2D eigenvalue weighted by molar-refractivity contribution is 5.78. The minimum absolute atomic E-state index is 0.463. The second-order valence-corrected chi connectivity index (χ2v) is 1.03. The fraction of sp³-hybridized carbons (Fsp3) is 0.667. The third-order valence-corrected chi connectivity index (χ3v) is 0.169. The zero-order valence-corrected chi connectivity index (χ0v) is 3.33. The summed E-state index contributed by atoms with van der Waals surface area (Å²) in [5.41, 5.74) is 0.463. The molecule has 2 heteroatoms. The van der Waals surface area contributed by atoms with Crippen molar-refractivity contribution in [2.45, 2.75) is 13.8 Å². The minimum Gasteiger partial charge on any atom is -0.0972 e. The normalized spacial score (nSPS) is 7.00. The summed E-state index contributed by atoms with van der Waals surface area (Å²) in [5.74, 6) is 0. The van der Waals surface area contributed by atoms with Crippen molar-refractivity contribution >= 4 is 5.71 Å². The first-order valence-electron chi connectivity index (χ1n) is 1.39. The van der Waals surface area contributed by atoms with Crippen molar-refractivity contribution in [3.63, 3.8) is 0 Å². The van der Waals surface area contributed by atoms with Gasteiger partial charge in [-0.15, -0.1) is 0 Å². The molecule has 1 nitrogen and oxygen atoms in total. The van der Waals surface area contributed by atoms with E-state index in [1.54, 1.807) is 13.8 Å². The Morgan fingerprint density at radius 1 is 1.60 bits per heavy atom. The maximum atomic E-state index is 10.7. The predicted octanol–water partition coefficient (Wildman–Crippen LogP) is 1.35. The highest BCUT2D eigenvalue weighted by Gasteiger charge is 1.66. The van der Waals surface area contributed by atoms with E-state index in [2.05, 4.69) is 5.21 Å². The van der Waals surface area contributed by atoms with E-state index in [4.69, 9.17) is 0 Å². The Bertz CT molecular complexity index is 44.9. The molecule has 0 radical (unpaired) electrons. The standard InChI is InChI=1S/C3H6FN/c1-3(2)5-4/h1-2H3. The van der Waals surface area contributed by atoms with Crippen LogP contribution in [0.2, 0.25) is 0 Å². The van der Waals surface area contributed by atoms with E-state index in [9.17, 15) is 4.48 Å². The Kier molecular flexibility index (Phi) is 1.73. The molecule has 0 spiro atoms. The van der Waals surface area contributed by atoms with Crippen LogP contribution in [-0.4, -0.2) is 5.71 Å². The first-order valence-corrected chi connectivity index (χ1v) is 1.39. The Labute approximate surface area is 30.5 Å². The van der Waals surface area contributed by atoms with E-state index in [0.29, 0.717) is 5.71 Å². The van der Waals surface area contributed by atoms with Crippen molar-refractivity contribution in [1.82, 2.24) is 0 Å². The van der Waals surface area contributed by atoms with Crippen LogP contribution in [0.5, 0.6) is 0 Å². The summed E-state index contributed by atoms with van der Waals surface area (Å²) in [5, 5.41) is 2.31. The smallest absolute Gasteiger partial charge is 0.0447 e. The van der Waals surface area contributed by atoms with Gasteiger partial charge in [-0.3, -0.25) is 0 Å². The van der Waals surface area contributed by atoms with Gasteiger partial charge in [0.15, 0.2) is 0 Å². The summed E-state index contributed by atoms with van der Waals surface area (Å²) < 4.78 is 10.7. The minimum atomic E-state index is 0.463. The second-order valence-electron chi connectivity index (χ2n) is 1.03. The number of rotatable bonds is 0. The number of hydrogen-bond acceptors (Lipinski definition) is 1. The molecule has 0 bridgehead atoms. The highest BCUT2D eigenvalue weighted by Crippen LogP contribution is 1.70. The number of nitrogens with zero attached hydrogens (tertiary/aromatic N) is 1. The zero-order chi connectivity index (χ0) is 4.28. The molecule has 0 aliphatic rings. The quantitative estimate of drug-likeness (QED) is 0.385. The second kappa shape index (κ2) is 1.88. The van der Waals surface area contributed by atoms with Crippen molar-refractivity contribution in [3.8, 4) is 0 Å². The van der Waals surface area contributed by atoms with E-state index < -0.39 is 0 Å². The number of halogens is 1. The van der Waals surface area contributed by atoms with E-state index in [1.165, 1.54) is 0 Å². The lowest BCUT2D eigenvalue weighted by atomic mass is 10.5. The molecule has 0 aliphatic carbocycles. The molecule has 0 aromatic heterocycles. The predicted molar refractivity (Wildman–Crippen MR) is 19.9 cm³/mol. The first-order chi connectivity index (χ1) is 2.27. The molecule has 30 valence electrons. The monoisotopic (exact) mass is 75.0 g/mol. The Balaban J connectivity index is 3.14. The van der Waals surface area contributed by atoms with Crippen LogP contribution in [0.1, 0.15) is 13.8 Å². The molecule has 0 aromatic rings. The Hall–Kier alpha value is -0.400. The van der Waals surface area contributed by atoms with Crippen LogP contribution in [-0.2, 0) is 0 Å². The van der Waals surface area contributed by atoms with E-state index >= 15 is 0 Å². The van der Waals surface area contributed by atoms with E-state index in [0.717, 1.165) is 0 Å².